The van der Waals surface area contributed by atoms with Crippen LogP contribution in [0.5, 0.6) is 0 Å². The topological polar surface area (TPSA) is 44.3 Å². The molecule has 0 aliphatic carbocycles. The van der Waals surface area contributed by atoms with Gasteiger partial charge in [0.1, 0.15) is 0 Å². The van der Waals surface area contributed by atoms with Crippen LogP contribution in [0.3, 0.4) is 0 Å². The fourth-order valence-electron chi connectivity index (χ4n) is 1.80. The number of piperazine rings is 1. The monoisotopic (exact) mass is 299 g/mol. The van der Waals surface area contributed by atoms with E-state index in [9.17, 15) is 0 Å². The molecule has 5 nitrogen and oxygen atoms in total. The molecule has 1 fully saturated rings. The molecule has 1 aromatic rings. The fraction of sp³-hybridized carbons (Fsp3) is 0.636. The largest absolute Gasteiger partial charge is 0.353 e. The number of nitrogens with one attached hydrogen (secondary N) is 1. The minimum Gasteiger partial charge on any atom is -0.353 e. The molecule has 2 heterocycles. The van der Waals surface area contributed by atoms with Crippen LogP contribution in [0.4, 0.5) is 5.95 Å². The van der Waals surface area contributed by atoms with Crippen LogP contribution in [-0.4, -0.2) is 66.1 Å². The van der Waals surface area contributed by atoms with Crippen molar-refractivity contribution in [3.63, 3.8) is 0 Å². The van der Waals surface area contributed by atoms with Crippen LogP contribution in [0.2, 0.25) is 0 Å². The van der Waals surface area contributed by atoms with Crippen LogP contribution in [0.25, 0.3) is 0 Å². The minimum absolute atomic E-state index is 0.697. The van der Waals surface area contributed by atoms with Gasteiger partial charge in [0.25, 0.3) is 0 Å². The first-order chi connectivity index (χ1) is 8.24. The number of halogens is 1. The van der Waals surface area contributed by atoms with E-state index in [4.69, 9.17) is 0 Å². The molecule has 1 aromatic heterocycles. The van der Waals surface area contributed by atoms with Gasteiger partial charge in [-0.1, -0.05) is 0 Å². The lowest BCUT2D eigenvalue weighted by Gasteiger charge is -2.32. The smallest absolute Gasteiger partial charge is 0.222 e. The molecule has 0 bridgehead atoms. The SMILES string of the molecule is CN1CCN(CCNc2ncc(Br)cn2)CC1. The van der Waals surface area contributed by atoms with E-state index in [-0.39, 0.29) is 0 Å². The number of hydrogen-bond acceptors (Lipinski definition) is 5. The molecule has 0 radical (unpaired) electrons. The predicted octanol–water partition coefficient (Wildman–Crippen LogP) is 0.898. The zero-order chi connectivity index (χ0) is 12.1. The van der Waals surface area contributed by atoms with Crippen molar-refractivity contribution in [2.75, 3.05) is 51.6 Å². The summed E-state index contributed by atoms with van der Waals surface area (Å²) < 4.78 is 0.905. The number of likely N-dealkylation sites (N-methyl/N-ethyl adjacent to an activating group) is 1. The Balaban J connectivity index is 1.67. The molecule has 0 atom stereocenters. The summed E-state index contributed by atoms with van der Waals surface area (Å²) >= 11 is 3.32. The second-order valence-corrected chi connectivity index (χ2v) is 5.21. The highest BCUT2D eigenvalue weighted by atomic mass is 79.9. The highest BCUT2D eigenvalue weighted by Crippen LogP contribution is 2.06. The molecule has 6 heteroatoms. The Labute approximate surface area is 110 Å². The Morgan fingerprint density at radius 1 is 1.24 bits per heavy atom. The van der Waals surface area contributed by atoms with Crippen LogP contribution in [0.15, 0.2) is 16.9 Å². The molecule has 17 heavy (non-hydrogen) atoms. The van der Waals surface area contributed by atoms with E-state index < -0.39 is 0 Å². The van der Waals surface area contributed by atoms with Gasteiger partial charge in [0.2, 0.25) is 5.95 Å². The molecule has 1 aliphatic rings. The number of anilines is 1. The highest BCUT2D eigenvalue weighted by Gasteiger charge is 2.12. The van der Waals surface area contributed by atoms with Crippen molar-refractivity contribution >= 4 is 21.9 Å². The summed E-state index contributed by atoms with van der Waals surface area (Å²) in [4.78, 5) is 13.2. The Morgan fingerprint density at radius 3 is 2.53 bits per heavy atom. The molecule has 2 rings (SSSR count). The third-order valence-corrected chi connectivity index (χ3v) is 3.34. The van der Waals surface area contributed by atoms with Crippen LogP contribution < -0.4 is 5.32 Å². The van der Waals surface area contributed by atoms with Gasteiger partial charge in [-0.25, -0.2) is 9.97 Å². The van der Waals surface area contributed by atoms with E-state index in [2.05, 4.69) is 48.1 Å². The summed E-state index contributed by atoms with van der Waals surface area (Å²) in [5, 5.41) is 3.23. The van der Waals surface area contributed by atoms with Gasteiger partial charge in [0, 0.05) is 51.7 Å². The van der Waals surface area contributed by atoms with Crippen molar-refractivity contribution < 1.29 is 0 Å². The van der Waals surface area contributed by atoms with Gasteiger partial charge < -0.3 is 10.2 Å². The molecule has 1 aliphatic heterocycles. The van der Waals surface area contributed by atoms with Gasteiger partial charge in [-0.15, -0.1) is 0 Å². The van der Waals surface area contributed by atoms with Gasteiger partial charge in [0.15, 0.2) is 0 Å². The zero-order valence-corrected chi connectivity index (χ0v) is 11.7. The maximum Gasteiger partial charge on any atom is 0.222 e. The summed E-state index contributed by atoms with van der Waals surface area (Å²) in [7, 11) is 2.17. The van der Waals surface area contributed by atoms with Crippen molar-refractivity contribution in [1.29, 1.82) is 0 Å². The van der Waals surface area contributed by atoms with Crippen LogP contribution in [0.1, 0.15) is 0 Å². The summed E-state index contributed by atoms with van der Waals surface area (Å²) in [5.74, 6) is 0.697. The first-order valence-electron chi connectivity index (χ1n) is 5.86. The molecule has 94 valence electrons. The van der Waals surface area contributed by atoms with E-state index in [1.165, 1.54) is 0 Å². The quantitative estimate of drug-likeness (QED) is 0.895. The van der Waals surface area contributed by atoms with Crippen LogP contribution in [0, 0.1) is 0 Å². The van der Waals surface area contributed by atoms with E-state index in [0.717, 1.165) is 43.7 Å². The normalized spacial score (nSPS) is 18.2. The van der Waals surface area contributed by atoms with E-state index in [1.54, 1.807) is 12.4 Å². The molecule has 0 unspecified atom stereocenters. The van der Waals surface area contributed by atoms with Crippen molar-refractivity contribution in [3.8, 4) is 0 Å². The molecule has 0 amide bonds. The summed E-state index contributed by atoms with van der Waals surface area (Å²) in [6.45, 7) is 6.57. The Bertz CT molecular complexity index is 334. The number of nitrogens with zero attached hydrogens (tertiary/aromatic N) is 4. The average molecular weight is 300 g/mol. The lowest BCUT2D eigenvalue weighted by Crippen LogP contribution is -2.45. The fourth-order valence-corrected chi connectivity index (χ4v) is 2.01. The van der Waals surface area contributed by atoms with Crippen molar-refractivity contribution in [2.45, 2.75) is 0 Å². The molecule has 0 saturated carbocycles. The van der Waals surface area contributed by atoms with Gasteiger partial charge in [-0.2, -0.15) is 0 Å². The van der Waals surface area contributed by atoms with Gasteiger partial charge in [0.05, 0.1) is 4.47 Å². The maximum absolute atomic E-state index is 4.18. The van der Waals surface area contributed by atoms with Crippen LogP contribution >= 0.6 is 15.9 Å². The molecular formula is C11H18BrN5. The second-order valence-electron chi connectivity index (χ2n) is 4.30. The Morgan fingerprint density at radius 2 is 1.88 bits per heavy atom. The van der Waals surface area contributed by atoms with Crippen molar-refractivity contribution in [3.05, 3.63) is 16.9 Å². The van der Waals surface area contributed by atoms with Gasteiger partial charge >= 0.3 is 0 Å². The van der Waals surface area contributed by atoms with E-state index in [1.807, 2.05) is 0 Å². The van der Waals surface area contributed by atoms with E-state index >= 15 is 0 Å². The van der Waals surface area contributed by atoms with E-state index in [0.29, 0.717) is 5.95 Å². The molecule has 0 spiro atoms. The van der Waals surface area contributed by atoms with Crippen molar-refractivity contribution in [2.24, 2.45) is 0 Å². The first kappa shape index (κ1) is 12.7. The van der Waals surface area contributed by atoms with Gasteiger partial charge in [-0.3, -0.25) is 4.90 Å². The standard InChI is InChI=1S/C11H18BrN5/c1-16-4-6-17(7-5-16)3-2-13-11-14-8-10(12)9-15-11/h8-9H,2-7H2,1H3,(H,13,14,15). The summed E-state index contributed by atoms with van der Waals surface area (Å²) in [6, 6.07) is 0. The molecular weight excluding hydrogens is 282 g/mol. The van der Waals surface area contributed by atoms with Gasteiger partial charge in [-0.05, 0) is 23.0 Å². The number of aromatic nitrogens is 2. The first-order valence-corrected chi connectivity index (χ1v) is 6.65. The average Bonchev–Trinajstić information content (AvgIpc) is 2.34. The predicted molar refractivity (Wildman–Crippen MR) is 72.2 cm³/mol. The highest BCUT2D eigenvalue weighted by molar-refractivity contribution is 9.10. The summed E-state index contributed by atoms with van der Waals surface area (Å²) in [5.41, 5.74) is 0. The zero-order valence-electron chi connectivity index (χ0n) is 10.1. The molecule has 1 saturated heterocycles. The summed E-state index contributed by atoms with van der Waals surface area (Å²) in [6.07, 6.45) is 3.51. The number of hydrogen-bond donors (Lipinski definition) is 1. The third-order valence-electron chi connectivity index (χ3n) is 2.93. The Hall–Kier alpha value is -0.720. The number of rotatable bonds is 4. The molecule has 1 N–H and O–H groups in total. The molecule has 0 aromatic carbocycles. The Kier molecular flexibility index (Phi) is 4.70. The minimum atomic E-state index is 0.697. The van der Waals surface area contributed by atoms with Crippen LogP contribution in [-0.2, 0) is 0 Å². The lowest BCUT2D eigenvalue weighted by molar-refractivity contribution is 0.158. The lowest BCUT2D eigenvalue weighted by atomic mass is 10.3. The third kappa shape index (κ3) is 4.22. The second kappa shape index (κ2) is 6.28. The maximum atomic E-state index is 4.18. The van der Waals surface area contributed by atoms with Crippen molar-refractivity contribution in [1.82, 2.24) is 19.8 Å².